The van der Waals surface area contributed by atoms with Crippen molar-refractivity contribution in [2.45, 2.75) is 6.92 Å². The molecule has 1 aromatic heterocycles. The van der Waals surface area contributed by atoms with Crippen LogP contribution >= 0.6 is 0 Å². The number of pyridine rings is 1. The first kappa shape index (κ1) is 14.5. The number of carbonyl (C=O) groups is 2. The van der Waals surface area contributed by atoms with E-state index in [9.17, 15) is 9.59 Å². The number of hydrogen-bond acceptors (Lipinski definition) is 4. The quantitative estimate of drug-likeness (QED) is 0.900. The zero-order valence-electron chi connectivity index (χ0n) is 11.6. The van der Waals surface area contributed by atoms with Gasteiger partial charge in [-0.15, -0.1) is 0 Å². The lowest BCUT2D eigenvalue weighted by Crippen LogP contribution is -2.13. The summed E-state index contributed by atoms with van der Waals surface area (Å²) in [6, 6.07) is 7.48. The molecule has 0 aliphatic rings. The molecule has 0 aliphatic heterocycles. The Hall–Kier alpha value is -2.89. The van der Waals surface area contributed by atoms with Crippen molar-refractivity contribution in [2.75, 3.05) is 12.4 Å². The maximum absolute atomic E-state index is 12.2. The minimum atomic E-state index is -1.08. The smallest absolute Gasteiger partial charge is 0.335 e. The predicted molar refractivity (Wildman–Crippen MR) is 76.9 cm³/mol. The highest BCUT2D eigenvalue weighted by atomic mass is 16.5. The van der Waals surface area contributed by atoms with Gasteiger partial charge < -0.3 is 15.2 Å². The number of nitrogens with one attached hydrogen (secondary N) is 1. The number of carboxylic acids is 1. The highest BCUT2D eigenvalue weighted by Crippen LogP contribution is 2.26. The normalized spacial score (nSPS) is 10.0. The van der Waals surface area contributed by atoms with Crippen LogP contribution in [0.3, 0.4) is 0 Å². The maximum atomic E-state index is 12.2. The molecule has 1 heterocycles. The highest BCUT2D eigenvalue weighted by molar-refractivity contribution is 6.05. The Bertz CT molecular complexity index is 698. The van der Waals surface area contributed by atoms with E-state index in [-0.39, 0.29) is 11.5 Å². The second kappa shape index (κ2) is 6.04. The zero-order chi connectivity index (χ0) is 15.4. The van der Waals surface area contributed by atoms with Gasteiger partial charge in [0.1, 0.15) is 5.75 Å². The Kier molecular flexibility index (Phi) is 4.18. The lowest BCUT2D eigenvalue weighted by molar-refractivity contribution is 0.0696. The summed E-state index contributed by atoms with van der Waals surface area (Å²) >= 11 is 0. The molecule has 0 saturated heterocycles. The molecule has 108 valence electrons. The SMILES string of the molecule is COc1ccc(C(=O)O)cc1NC(=O)c1ccnc(C)c1. The lowest BCUT2D eigenvalue weighted by Gasteiger charge is -2.11. The zero-order valence-corrected chi connectivity index (χ0v) is 11.6. The third-order valence-corrected chi connectivity index (χ3v) is 2.85. The number of hydrogen-bond donors (Lipinski definition) is 2. The molecule has 21 heavy (non-hydrogen) atoms. The fourth-order valence-corrected chi connectivity index (χ4v) is 1.82. The Morgan fingerprint density at radius 1 is 1.19 bits per heavy atom. The van der Waals surface area contributed by atoms with Gasteiger partial charge in [-0.25, -0.2) is 4.79 Å². The Morgan fingerprint density at radius 3 is 2.57 bits per heavy atom. The molecule has 0 fully saturated rings. The van der Waals surface area contributed by atoms with Crippen molar-refractivity contribution in [3.05, 3.63) is 53.3 Å². The maximum Gasteiger partial charge on any atom is 0.335 e. The van der Waals surface area contributed by atoms with Gasteiger partial charge in [-0.1, -0.05) is 0 Å². The van der Waals surface area contributed by atoms with Crippen molar-refractivity contribution >= 4 is 17.6 Å². The third kappa shape index (κ3) is 3.36. The van der Waals surface area contributed by atoms with Crippen molar-refractivity contribution in [3.63, 3.8) is 0 Å². The summed E-state index contributed by atoms with van der Waals surface area (Å²) in [5, 5.41) is 11.6. The van der Waals surface area contributed by atoms with Gasteiger partial charge >= 0.3 is 5.97 Å². The van der Waals surface area contributed by atoms with Crippen molar-refractivity contribution in [2.24, 2.45) is 0 Å². The molecule has 2 aromatic rings. The predicted octanol–water partition coefficient (Wildman–Crippen LogP) is 2.35. The number of carbonyl (C=O) groups excluding carboxylic acids is 1. The number of benzene rings is 1. The molecule has 6 nitrogen and oxygen atoms in total. The Balaban J connectivity index is 2.31. The van der Waals surface area contributed by atoms with Crippen LogP contribution in [0.15, 0.2) is 36.5 Å². The molecule has 0 saturated carbocycles. The topological polar surface area (TPSA) is 88.5 Å². The molecule has 0 radical (unpaired) electrons. The Morgan fingerprint density at radius 2 is 1.95 bits per heavy atom. The summed E-state index contributed by atoms with van der Waals surface area (Å²) in [4.78, 5) is 27.2. The van der Waals surface area contributed by atoms with Crippen LogP contribution in [0.2, 0.25) is 0 Å². The van der Waals surface area contributed by atoms with Crippen LogP contribution in [-0.4, -0.2) is 29.1 Å². The molecule has 0 atom stereocenters. The first-order valence-electron chi connectivity index (χ1n) is 6.16. The van der Waals surface area contributed by atoms with Crippen LogP contribution < -0.4 is 10.1 Å². The van der Waals surface area contributed by atoms with Gasteiger partial charge in [0, 0.05) is 17.5 Å². The van der Waals surface area contributed by atoms with E-state index < -0.39 is 5.97 Å². The number of aromatic carboxylic acids is 1. The molecule has 1 aromatic carbocycles. The number of rotatable bonds is 4. The van der Waals surface area contributed by atoms with E-state index in [0.29, 0.717) is 22.7 Å². The lowest BCUT2D eigenvalue weighted by atomic mass is 10.1. The van der Waals surface area contributed by atoms with E-state index in [0.717, 1.165) is 0 Å². The summed E-state index contributed by atoms with van der Waals surface area (Å²) < 4.78 is 5.12. The van der Waals surface area contributed by atoms with Crippen LogP contribution in [0.25, 0.3) is 0 Å². The van der Waals surface area contributed by atoms with Gasteiger partial charge in [0.2, 0.25) is 0 Å². The minimum Gasteiger partial charge on any atom is -0.495 e. The summed E-state index contributed by atoms with van der Waals surface area (Å²) in [5.74, 6) is -1.05. The van der Waals surface area contributed by atoms with E-state index in [1.807, 2.05) is 0 Å². The van der Waals surface area contributed by atoms with E-state index in [1.54, 1.807) is 19.1 Å². The van der Waals surface area contributed by atoms with Crippen molar-refractivity contribution in [3.8, 4) is 5.75 Å². The molecule has 0 aliphatic carbocycles. The number of methoxy groups -OCH3 is 1. The first-order valence-corrected chi connectivity index (χ1v) is 6.16. The first-order chi connectivity index (χ1) is 10.0. The van der Waals surface area contributed by atoms with Crippen molar-refractivity contribution in [1.82, 2.24) is 4.98 Å². The van der Waals surface area contributed by atoms with Crippen LogP contribution in [0.5, 0.6) is 5.75 Å². The third-order valence-electron chi connectivity index (χ3n) is 2.85. The summed E-state index contributed by atoms with van der Waals surface area (Å²) in [6.07, 6.45) is 1.54. The monoisotopic (exact) mass is 286 g/mol. The van der Waals surface area contributed by atoms with E-state index >= 15 is 0 Å². The van der Waals surface area contributed by atoms with E-state index in [1.165, 1.54) is 31.5 Å². The van der Waals surface area contributed by atoms with Crippen molar-refractivity contribution < 1.29 is 19.4 Å². The number of nitrogens with zero attached hydrogens (tertiary/aromatic N) is 1. The molecule has 0 unspecified atom stereocenters. The highest BCUT2D eigenvalue weighted by Gasteiger charge is 2.13. The van der Waals surface area contributed by atoms with E-state index in [4.69, 9.17) is 9.84 Å². The number of ether oxygens (including phenoxy) is 1. The summed E-state index contributed by atoms with van der Waals surface area (Å²) in [7, 11) is 1.45. The standard InChI is InChI=1S/C15H14N2O4/c1-9-7-10(5-6-16-9)14(18)17-12-8-11(15(19)20)3-4-13(12)21-2/h3-8H,1-2H3,(H,17,18)(H,19,20). The molecular formula is C15H14N2O4. The second-order valence-corrected chi connectivity index (χ2v) is 4.36. The molecule has 0 bridgehead atoms. The molecule has 0 spiro atoms. The molecule has 2 rings (SSSR count). The molecule has 2 N–H and O–H groups in total. The fraction of sp³-hybridized carbons (Fsp3) is 0.133. The summed E-state index contributed by atoms with van der Waals surface area (Å²) in [6.45, 7) is 1.78. The average molecular weight is 286 g/mol. The van der Waals surface area contributed by atoms with Crippen LogP contribution in [0, 0.1) is 6.92 Å². The average Bonchev–Trinajstić information content (AvgIpc) is 2.47. The van der Waals surface area contributed by atoms with Gasteiger partial charge in [-0.3, -0.25) is 9.78 Å². The number of carboxylic acid groups (broad SMARTS) is 1. The molecular weight excluding hydrogens is 272 g/mol. The molecule has 6 heteroatoms. The fourth-order valence-electron chi connectivity index (χ4n) is 1.82. The van der Waals surface area contributed by atoms with Crippen LogP contribution in [0.4, 0.5) is 5.69 Å². The van der Waals surface area contributed by atoms with E-state index in [2.05, 4.69) is 10.3 Å². The van der Waals surface area contributed by atoms with Gasteiger partial charge in [0.05, 0.1) is 18.4 Å². The summed E-state index contributed by atoms with van der Waals surface area (Å²) in [5.41, 5.74) is 1.52. The number of anilines is 1. The second-order valence-electron chi connectivity index (χ2n) is 4.36. The van der Waals surface area contributed by atoms with Gasteiger partial charge in [-0.2, -0.15) is 0 Å². The van der Waals surface area contributed by atoms with Gasteiger partial charge in [-0.05, 0) is 37.3 Å². The number of amides is 1. The number of aryl methyl sites for hydroxylation is 1. The Labute approximate surface area is 121 Å². The number of aromatic nitrogens is 1. The van der Waals surface area contributed by atoms with Gasteiger partial charge in [0.25, 0.3) is 5.91 Å². The van der Waals surface area contributed by atoms with Crippen LogP contribution in [0.1, 0.15) is 26.4 Å². The largest absolute Gasteiger partial charge is 0.495 e. The van der Waals surface area contributed by atoms with Gasteiger partial charge in [0.15, 0.2) is 0 Å². The molecule has 1 amide bonds. The van der Waals surface area contributed by atoms with Crippen molar-refractivity contribution in [1.29, 1.82) is 0 Å². The minimum absolute atomic E-state index is 0.0667. The van der Waals surface area contributed by atoms with Crippen LogP contribution in [-0.2, 0) is 0 Å².